The van der Waals surface area contributed by atoms with Crippen molar-refractivity contribution >= 4 is 11.8 Å². The van der Waals surface area contributed by atoms with E-state index >= 15 is 0 Å². The first kappa shape index (κ1) is 23.3. The summed E-state index contributed by atoms with van der Waals surface area (Å²) in [5.74, 6) is 0.271. The lowest BCUT2D eigenvalue weighted by Crippen LogP contribution is -2.58. The Balaban J connectivity index is 1.47. The Morgan fingerprint density at radius 1 is 1.09 bits per heavy atom. The predicted octanol–water partition coefficient (Wildman–Crippen LogP) is 4.26. The number of nitrogens with zero attached hydrogens (tertiary/aromatic N) is 1. The quantitative estimate of drug-likeness (QED) is 0.735. The van der Waals surface area contributed by atoms with E-state index in [9.17, 15) is 14.7 Å². The van der Waals surface area contributed by atoms with E-state index in [4.69, 9.17) is 0 Å². The zero-order chi connectivity index (χ0) is 22.9. The van der Waals surface area contributed by atoms with Crippen LogP contribution in [-0.4, -0.2) is 47.1 Å². The van der Waals surface area contributed by atoms with Crippen molar-refractivity contribution in [3.63, 3.8) is 0 Å². The molecule has 7 atom stereocenters. The molecule has 1 aromatic rings. The Bertz CT molecular complexity index is 806. The van der Waals surface area contributed by atoms with Crippen molar-refractivity contribution in [1.29, 1.82) is 0 Å². The lowest BCUT2D eigenvalue weighted by Gasteiger charge is -2.56. The summed E-state index contributed by atoms with van der Waals surface area (Å²) in [4.78, 5) is 28.0. The number of benzene rings is 1. The van der Waals surface area contributed by atoms with Crippen LogP contribution in [0.2, 0.25) is 0 Å². The monoisotopic (exact) mass is 440 g/mol. The van der Waals surface area contributed by atoms with Crippen LogP contribution in [0.5, 0.6) is 0 Å². The highest BCUT2D eigenvalue weighted by atomic mass is 16.3. The van der Waals surface area contributed by atoms with Gasteiger partial charge >= 0.3 is 0 Å². The number of hydrogen-bond donors (Lipinski definition) is 2. The molecule has 1 aromatic carbocycles. The summed E-state index contributed by atoms with van der Waals surface area (Å²) in [5, 5.41) is 14.9. The Hall–Kier alpha value is -1.88. The molecule has 0 bridgehead atoms. The van der Waals surface area contributed by atoms with Gasteiger partial charge < -0.3 is 15.3 Å². The van der Waals surface area contributed by atoms with Gasteiger partial charge in [-0.05, 0) is 80.2 Å². The summed E-state index contributed by atoms with van der Waals surface area (Å²) in [6, 6.07) is 9.40. The van der Waals surface area contributed by atoms with Gasteiger partial charge in [0.15, 0.2) is 0 Å². The molecule has 3 aliphatic rings. The maximum absolute atomic E-state index is 13.2. The van der Waals surface area contributed by atoms with Crippen LogP contribution in [0.1, 0.15) is 76.1 Å². The fraction of sp³-hybridized carbons (Fsp3) is 0.704. The number of carbonyl (C=O) groups excluding carboxylic acids is 2. The average molecular weight is 441 g/mol. The van der Waals surface area contributed by atoms with Gasteiger partial charge in [0, 0.05) is 30.6 Å². The molecule has 2 aliphatic carbocycles. The molecular formula is C27H40N2O3. The van der Waals surface area contributed by atoms with Crippen molar-refractivity contribution in [2.24, 2.45) is 29.1 Å². The minimum atomic E-state index is -0.510. The van der Waals surface area contributed by atoms with Gasteiger partial charge in [-0.3, -0.25) is 9.59 Å². The van der Waals surface area contributed by atoms with Crippen LogP contribution < -0.4 is 5.32 Å². The van der Waals surface area contributed by atoms with Crippen LogP contribution in [0.3, 0.4) is 0 Å². The number of hydrogen-bond acceptors (Lipinski definition) is 3. The second kappa shape index (κ2) is 9.54. The summed E-state index contributed by atoms with van der Waals surface area (Å²) in [5.41, 5.74) is 0.743. The summed E-state index contributed by atoms with van der Waals surface area (Å²) >= 11 is 0. The van der Waals surface area contributed by atoms with Crippen LogP contribution >= 0.6 is 0 Å². The van der Waals surface area contributed by atoms with E-state index in [0.717, 1.165) is 51.6 Å². The van der Waals surface area contributed by atoms with Gasteiger partial charge in [0.05, 0.1) is 6.10 Å². The highest BCUT2D eigenvalue weighted by Gasteiger charge is 2.54. The number of aliphatic hydroxyl groups is 1. The van der Waals surface area contributed by atoms with Gasteiger partial charge in [0.2, 0.25) is 5.91 Å². The zero-order valence-corrected chi connectivity index (χ0v) is 19.9. The molecule has 5 nitrogen and oxygen atoms in total. The van der Waals surface area contributed by atoms with Gasteiger partial charge in [0.25, 0.3) is 5.91 Å². The lowest BCUT2D eigenvalue weighted by atomic mass is 9.51. The van der Waals surface area contributed by atoms with Crippen LogP contribution in [0, 0.1) is 29.1 Å². The molecule has 2 N–H and O–H groups in total. The topological polar surface area (TPSA) is 69.6 Å². The first-order chi connectivity index (χ1) is 15.3. The van der Waals surface area contributed by atoms with Crippen LogP contribution in [0.4, 0.5) is 0 Å². The number of fused-ring (bicyclic) bond motifs is 1. The third-order valence-corrected chi connectivity index (χ3v) is 8.94. The molecule has 0 unspecified atom stereocenters. The van der Waals surface area contributed by atoms with E-state index < -0.39 is 6.10 Å². The summed E-state index contributed by atoms with van der Waals surface area (Å²) in [6.07, 6.45) is 6.76. The number of piperidine rings is 1. The molecule has 4 rings (SSSR count). The molecule has 1 aliphatic heterocycles. The molecule has 0 radical (unpaired) electrons. The highest BCUT2D eigenvalue weighted by Crippen LogP contribution is 2.55. The molecule has 1 heterocycles. The van der Waals surface area contributed by atoms with Crippen molar-refractivity contribution < 1.29 is 14.7 Å². The number of rotatable bonds is 4. The standard InChI is InChI=1S/C27H40N2O3/c1-18(26(32)29-16-8-5-9-17-29)21-12-14-27(3)15-13-22(19(2)23(27)24(21)30)28-25(31)20-10-6-4-7-11-20/h4,6-7,10-11,18-19,21-24,30H,5,8-9,12-17H2,1-3H3,(H,28,31)/t18-,19-,21-,22-,23+,24-,27+/m0/s1. The van der Waals surface area contributed by atoms with Crippen LogP contribution in [0.15, 0.2) is 30.3 Å². The Morgan fingerprint density at radius 3 is 2.44 bits per heavy atom. The zero-order valence-electron chi connectivity index (χ0n) is 19.9. The third-order valence-electron chi connectivity index (χ3n) is 8.94. The number of amides is 2. The first-order valence-electron chi connectivity index (χ1n) is 12.6. The molecule has 2 saturated carbocycles. The fourth-order valence-electron chi connectivity index (χ4n) is 6.92. The summed E-state index contributed by atoms with van der Waals surface area (Å²) in [7, 11) is 0. The maximum atomic E-state index is 13.2. The Morgan fingerprint density at radius 2 is 1.75 bits per heavy atom. The molecule has 0 spiro atoms. The molecule has 2 amide bonds. The SMILES string of the molecule is C[C@@H]1[C@@H]2[C@@H](O)[C@H]([C@H](C)C(=O)N3CCCCC3)CC[C@]2(C)CC[C@@H]1NC(=O)c1ccccc1. The highest BCUT2D eigenvalue weighted by molar-refractivity contribution is 5.94. The third kappa shape index (κ3) is 4.46. The molecule has 3 fully saturated rings. The summed E-state index contributed by atoms with van der Waals surface area (Å²) < 4.78 is 0. The minimum absolute atomic E-state index is 0.00599. The number of carbonyl (C=O) groups is 2. The maximum Gasteiger partial charge on any atom is 0.251 e. The van der Waals surface area contributed by atoms with E-state index in [2.05, 4.69) is 19.2 Å². The lowest BCUT2D eigenvalue weighted by molar-refractivity contribution is -0.150. The van der Waals surface area contributed by atoms with Crippen molar-refractivity contribution in [3.05, 3.63) is 35.9 Å². The second-order valence-electron chi connectivity index (χ2n) is 10.9. The van der Waals surface area contributed by atoms with Crippen LogP contribution in [0.25, 0.3) is 0 Å². The Labute approximate surface area is 193 Å². The van der Waals surface area contributed by atoms with E-state index in [1.807, 2.05) is 42.2 Å². The summed E-state index contributed by atoms with van der Waals surface area (Å²) in [6.45, 7) is 8.23. The molecule has 0 aromatic heterocycles. The van der Waals surface area contributed by atoms with E-state index in [1.54, 1.807) is 0 Å². The molecular weight excluding hydrogens is 400 g/mol. The van der Waals surface area contributed by atoms with Gasteiger partial charge in [-0.2, -0.15) is 0 Å². The smallest absolute Gasteiger partial charge is 0.251 e. The van der Waals surface area contributed by atoms with Gasteiger partial charge in [-0.25, -0.2) is 0 Å². The number of nitrogens with one attached hydrogen (secondary N) is 1. The largest absolute Gasteiger partial charge is 0.392 e. The Kier molecular flexibility index (Phi) is 6.94. The predicted molar refractivity (Wildman–Crippen MR) is 126 cm³/mol. The van der Waals surface area contributed by atoms with Crippen molar-refractivity contribution in [2.75, 3.05) is 13.1 Å². The van der Waals surface area contributed by atoms with Gasteiger partial charge in [0.1, 0.15) is 0 Å². The van der Waals surface area contributed by atoms with Crippen molar-refractivity contribution in [1.82, 2.24) is 10.2 Å². The van der Waals surface area contributed by atoms with Crippen LogP contribution in [-0.2, 0) is 4.79 Å². The first-order valence-corrected chi connectivity index (χ1v) is 12.6. The average Bonchev–Trinajstić information content (AvgIpc) is 2.81. The molecule has 1 saturated heterocycles. The fourth-order valence-corrected chi connectivity index (χ4v) is 6.92. The van der Waals surface area contributed by atoms with Crippen molar-refractivity contribution in [2.45, 2.75) is 77.9 Å². The molecule has 5 heteroatoms. The van der Waals surface area contributed by atoms with E-state index in [1.165, 1.54) is 6.42 Å². The van der Waals surface area contributed by atoms with Gasteiger partial charge in [-0.15, -0.1) is 0 Å². The molecule has 176 valence electrons. The second-order valence-corrected chi connectivity index (χ2v) is 10.9. The van der Waals surface area contributed by atoms with Gasteiger partial charge in [-0.1, -0.05) is 39.0 Å². The normalized spacial score (nSPS) is 36.1. The van der Waals surface area contributed by atoms with E-state index in [0.29, 0.717) is 5.56 Å². The van der Waals surface area contributed by atoms with E-state index in [-0.39, 0.29) is 46.9 Å². The molecule has 32 heavy (non-hydrogen) atoms. The number of aliphatic hydroxyl groups excluding tert-OH is 1. The minimum Gasteiger partial charge on any atom is -0.392 e. The van der Waals surface area contributed by atoms with Crippen molar-refractivity contribution in [3.8, 4) is 0 Å². The number of likely N-dealkylation sites (tertiary alicyclic amines) is 1.